The monoisotopic (exact) mass is 688 g/mol. The van der Waals surface area contributed by atoms with E-state index in [1.807, 2.05) is 0 Å². The second-order valence-corrected chi connectivity index (χ2v) is 14.7. The lowest BCUT2D eigenvalue weighted by Crippen LogP contribution is -2.27. The number of hydrogen-bond acceptors (Lipinski definition) is 11. The Balaban J connectivity index is 1.52. The Bertz CT molecular complexity index is 2030. The van der Waals surface area contributed by atoms with Gasteiger partial charge in [0.25, 0.3) is 0 Å². The van der Waals surface area contributed by atoms with Gasteiger partial charge < -0.3 is 19.5 Å². The van der Waals surface area contributed by atoms with Crippen LogP contribution in [0.4, 0.5) is 5.95 Å². The van der Waals surface area contributed by atoms with Crippen molar-refractivity contribution >= 4 is 25.6 Å². The summed E-state index contributed by atoms with van der Waals surface area (Å²) in [4.78, 5) is 15.1. The van der Waals surface area contributed by atoms with Gasteiger partial charge in [-0.15, -0.1) is 0 Å². The zero-order valence-electron chi connectivity index (χ0n) is 26.6. The van der Waals surface area contributed by atoms with Gasteiger partial charge in [0.15, 0.2) is 11.5 Å². The summed E-state index contributed by atoms with van der Waals surface area (Å²) in [6, 6.07) is 23.2. The van der Waals surface area contributed by atoms with Crippen molar-refractivity contribution in [1.29, 1.82) is 0 Å². The fraction of sp³-hybridized carbons (Fsp3) is 0.229. The molecule has 13 heteroatoms. The van der Waals surface area contributed by atoms with E-state index < -0.39 is 19.7 Å². The standard InChI is InChI=1S/C35H36N4O7S2/c1-3-5-23-39(24-6-4-2)34-36-25-37-35(38-34)46-33-31(13-10-14-32(33)48(43,44)28-11-8-7-9-12-28)45-27-17-21-30(22-18-27)47(41,42)29-19-15-26(40)16-20-29/h7-22,25,40H,3-6,23-24H2,1-2H3. The molecule has 0 saturated carbocycles. The van der Waals surface area contributed by atoms with Crippen molar-refractivity contribution in [2.45, 2.75) is 59.1 Å². The van der Waals surface area contributed by atoms with Crippen LogP contribution < -0.4 is 14.4 Å². The highest BCUT2D eigenvalue weighted by molar-refractivity contribution is 7.91. The largest absolute Gasteiger partial charge is 0.508 e. The minimum Gasteiger partial charge on any atom is -0.508 e. The number of hydrogen-bond donors (Lipinski definition) is 1. The quantitative estimate of drug-likeness (QED) is 0.119. The molecule has 5 rings (SSSR count). The third-order valence-electron chi connectivity index (χ3n) is 7.37. The minimum atomic E-state index is -4.10. The number of phenols is 1. The molecule has 0 aliphatic carbocycles. The SMILES string of the molecule is CCCCN(CCCC)c1ncnc(Oc2c(Oc3ccc(S(=O)(=O)c4ccc(O)cc4)cc3)cccc2S(=O)(=O)c2ccccc2)n1. The Morgan fingerprint density at radius 1 is 0.667 bits per heavy atom. The lowest BCUT2D eigenvalue weighted by atomic mass is 10.3. The highest BCUT2D eigenvalue weighted by Crippen LogP contribution is 2.41. The van der Waals surface area contributed by atoms with Crippen LogP contribution in [-0.2, 0) is 19.7 Å². The van der Waals surface area contributed by atoms with Gasteiger partial charge >= 0.3 is 6.01 Å². The van der Waals surface area contributed by atoms with Crippen molar-refractivity contribution in [3.8, 4) is 29.0 Å². The zero-order chi connectivity index (χ0) is 34.1. The Hall–Kier alpha value is -5.01. The summed E-state index contributed by atoms with van der Waals surface area (Å²) in [6.45, 7) is 5.69. The summed E-state index contributed by atoms with van der Waals surface area (Å²) >= 11 is 0. The van der Waals surface area contributed by atoms with Gasteiger partial charge in [-0.3, -0.25) is 0 Å². The van der Waals surface area contributed by atoms with Crippen LogP contribution in [0, 0.1) is 0 Å². The first-order valence-corrected chi connectivity index (χ1v) is 18.5. The first kappa shape index (κ1) is 34.3. The van der Waals surface area contributed by atoms with Gasteiger partial charge in [0, 0.05) is 13.1 Å². The summed E-state index contributed by atoms with van der Waals surface area (Å²) in [7, 11) is -7.97. The average molecular weight is 689 g/mol. The Labute approximate surface area is 280 Å². The number of rotatable bonds is 15. The molecule has 11 nitrogen and oxygen atoms in total. The summed E-state index contributed by atoms with van der Waals surface area (Å²) < 4.78 is 66.3. The minimum absolute atomic E-state index is 0.00540. The summed E-state index contributed by atoms with van der Waals surface area (Å²) in [5.74, 6) is 0.481. The summed E-state index contributed by atoms with van der Waals surface area (Å²) in [6.07, 6.45) is 5.19. The van der Waals surface area contributed by atoms with Gasteiger partial charge in [-0.1, -0.05) is 51.0 Å². The van der Waals surface area contributed by atoms with Crippen molar-refractivity contribution in [1.82, 2.24) is 15.0 Å². The molecule has 0 atom stereocenters. The molecule has 1 heterocycles. The smallest absolute Gasteiger partial charge is 0.326 e. The van der Waals surface area contributed by atoms with Crippen LogP contribution in [-0.4, -0.2) is 50.0 Å². The number of aromatic nitrogens is 3. The van der Waals surface area contributed by atoms with Crippen LogP contribution in [0.5, 0.6) is 29.0 Å². The molecule has 1 N–H and O–H groups in total. The topological polar surface area (TPSA) is 149 Å². The van der Waals surface area contributed by atoms with Crippen LogP contribution in [0.1, 0.15) is 39.5 Å². The van der Waals surface area contributed by atoms with Gasteiger partial charge in [0.2, 0.25) is 25.6 Å². The fourth-order valence-electron chi connectivity index (χ4n) is 4.77. The molecule has 250 valence electrons. The van der Waals surface area contributed by atoms with Crippen LogP contribution in [0.2, 0.25) is 0 Å². The zero-order valence-corrected chi connectivity index (χ0v) is 28.2. The molecule has 0 amide bonds. The van der Waals surface area contributed by atoms with Gasteiger partial charge in [-0.25, -0.2) is 21.8 Å². The van der Waals surface area contributed by atoms with E-state index in [0.29, 0.717) is 5.95 Å². The van der Waals surface area contributed by atoms with Crippen molar-refractivity contribution in [3.05, 3.63) is 103 Å². The number of sulfone groups is 2. The maximum atomic E-state index is 13.9. The van der Waals surface area contributed by atoms with Gasteiger partial charge in [0.05, 0.1) is 14.7 Å². The maximum absolute atomic E-state index is 13.9. The predicted octanol–water partition coefficient (Wildman–Crippen LogP) is 7.23. The molecule has 1 aromatic heterocycles. The molecular formula is C35H36N4O7S2. The second kappa shape index (κ2) is 15.3. The molecule has 0 fully saturated rings. The number of benzene rings is 4. The van der Waals surface area contributed by atoms with Crippen molar-refractivity contribution in [3.63, 3.8) is 0 Å². The molecule has 5 aromatic rings. The molecule has 0 aliphatic heterocycles. The Kier molecular flexibility index (Phi) is 10.9. The second-order valence-electron chi connectivity index (χ2n) is 10.8. The van der Waals surface area contributed by atoms with E-state index in [9.17, 15) is 21.9 Å². The first-order chi connectivity index (χ1) is 23.1. The van der Waals surface area contributed by atoms with E-state index >= 15 is 0 Å². The van der Waals surface area contributed by atoms with Crippen LogP contribution >= 0.6 is 0 Å². The molecule has 0 saturated heterocycles. The molecule has 0 spiro atoms. The Morgan fingerprint density at radius 2 is 1.27 bits per heavy atom. The van der Waals surface area contributed by atoms with E-state index in [-0.39, 0.29) is 48.6 Å². The predicted molar refractivity (Wildman–Crippen MR) is 180 cm³/mol. The molecular weight excluding hydrogens is 653 g/mol. The first-order valence-electron chi connectivity index (χ1n) is 15.5. The lowest BCUT2D eigenvalue weighted by Gasteiger charge is -2.22. The normalized spacial score (nSPS) is 11.6. The fourth-order valence-corrected chi connectivity index (χ4v) is 7.44. The van der Waals surface area contributed by atoms with Gasteiger partial charge in [-0.05, 0) is 85.6 Å². The number of nitrogens with zero attached hydrogens (tertiary/aromatic N) is 4. The number of aromatic hydroxyl groups is 1. The van der Waals surface area contributed by atoms with Crippen molar-refractivity contribution in [2.75, 3.05) is 18.0 Å². The van der Waals surface area contributed by atoms with Gasteiger partial charge in [-0.2, -0.15) is 9.97 Å². The summed E-state index contributed by atoms with van der Waals surface area (Å²) in [5.41, 5.74) is 0. The number of phenolic OH excluding ortho intramolecular Hbond substituents is 1. The molecule has 0 radical (unpaired) electrons. The number of unbranched alkanes of at least 4 members (excludes halogenated alkanes) is 2. The maximum Gasteiger partial charge on any atom is 0.326 e. The molecule has 4 aromatic carbocycles. The molecule has 0 bridgehead atoms. The summed E-state index contributed by atoms with van der Waals surface area (Å²) in [5, 5.41) is 9.55. The Morgan fingerprint density at radius 3 is 1.90 bits per heavy atom. The molecule has 48 heavy (non-hydrogen) atoms. The number of anilines is 1. The number of ether oxygens (including phenoxy) is 2. The third-order valence-corrected chi connectivity index (χ3v) is 10.9. The molecule has 0 aliphatic rings. The molecule has 0 unspecified atom stereocenters. The van der Waals surface area contributed by atoms with Crippen LogP contribution in [0.3, 0.4) is 0 Å². The van der Waals surface area contributed by atoms with Gasteiger partial charge in [0.1, 0.15) is 22.7 Å². The number of para-hydroxylation sites is 1. The van der Waals surface area contributed by atoms with E-state index in [4.69, 9.17) is 9.47 Å². The highest BCUT2D eigenvalue weighted by Gasteiger charge is 2.27. The van der Waals surface area contributed by atoms with E-state index in [1.165, 1.54) is 85.2 Å². The van der Waals surface area contributed by atoms with E-state index in [2.05, 4.69) is 33.7 Å². The average Bonchev–Trinajstić information content (AvgIpc) is 3.10. The lowest BCUT2D eigenvalue weighted by molar-refractivity contribution is 0.386. The van der Waals surface area contributed by atoms with Crippen LogP contribution in [0.15, 0.2) is 123 Å². The third kappa shape index (κ3) is 7.92. The van der Waals surface area contributed by atoms with Crippen LogP contribution in [0.25, 0.3) is 0 Å². The van der Waals surface area contributed by atoms with Crippen molar-refractivity contribution in [2.24, 2.45) is 0 Å². The highest BCUT2D eigenvalue weighted by atomic mass is 32.2. The van der Waals surface area contributed by atoms with E-state index in [0.717, 1.165) is 38.8 Å². The van der Waals surface area contributed by atoms with Crippen molar-refractivity contribution < 1.29 is 31.4 Å². The van der Waals surface area contributed by atoms with E-state index in [1.54, 1.807) is 18.2 Å².